The van der Waals surface area contributed by atoms with Crippen LogP contribution in [0.4, 0.5) is 11.4 Å². The first-order valence-corrected chi connectivity index (χ1v) is 23.4. The Morgan fingerprint density at radius 1 is 0.456 bits per heavy atom. The molecule has 68 heavy (non-hydrogen) atoms. The summed E-state index contributed by atoms with van der Waals surface area (Å²) >= 11 is 6.60. The molecular formula is C46H30Br2N4O16. The number of nitro benzene ring substituents is 2. The fourth-order valence-corrected chi connectivity index (χ4v) is 17.9. The van der Waals surface area contributed by atoms with Crippen LogP contribution in [-0.4, -0.2) is 56.1 Å². The molecule has 2 heterocycles. The SMILES string of the molecule is O=C1OC(=O)[C@]23[C@@H]4c5ccccc5[C@@H](c5cc([N+](=O)[O-])c(Br)cc54)[C@]12[C@@H]1CC[C@H]3[C@@H]1O[N+](=O)[O-].O=C1OC(=O)[C@]23[C@@H]4c5ccccc5[C@@H](c5cc([N+](=O)[O-])c(Br)cc54)[C@]12[C@@H]1CC[C@H]3[C@@H]1O[N+](=O)[O-]. The van der Waals surface area contributed by atoms with Crippen molar-refractivity contribution in [3.8, 4) is 0 Å². The monoisotopic (exact) mass is 1050 g/mol. The Balaban J connectivity index is 0.000000134. The second-order valence-electron chi connectivity index (χ2n) is 19.4. The number of carbonyl (C=O) groups excluding carboxylic acids is 4. The van der Waals surface area contributed by atoms with Crippen molar-refractivity contribution in [2.45, 2.75) is 61.6 Å². The number of nitrogens with zero attached hydrogens (tertiary/aromatic N) is 4. The van der Waals surface area contributed by atoms with Gasteiger partial charge in [-0.1, -0.05) is 48.5 Å². The van der Waals surface area contributed by atoms with Gasteiger partial charge in [0.25, 0.3) is 21.5 Å². The van der Waals surface area contributed by atoms with Crippen LogP contribution in [0.3, 0.4) is 0 Å². The minimum absolute atomic E-state index is 0.148. The maximum Gasteiger partial charge on any atom is 0.322 e. The van der Waals surface area contributed by atoms with Gasteiger partial charge in [-0.15, -0.1) is 20.2 Å². The lowest BCUT2D eigenvalue weighted by Gasteiger charge is -2.59. The first kappa shape index (κ1) is 41.5. The van der Waals surface area contributed by atoms with E-state index in [1.807, 2.05) is 48.5 Å². The fraction of sp³-hybridized carbons (Fsp3) is 0.391. The first-order valence-electron chi connectivity index (χ1n) is 21.8. The highest BCUT2D eigenvalue weighted by molar-refractivity contribution is 9.11. The summed E-state index contributed by atoms with van der Waals surface area (Å²) in [5, 5.41) is 44.7. The standard InChI is InChI=1S/2C23H15BrN2O8/c2*24-15-7-11-12(8-16(15)25(29)30)18-10-4-2-1-3-9(10)17(11)22-13-5-6-14(19(13)34-26(31)32)23(18,22)21(28)33-20(22)27/h2*1-4,7-8,13-14,17-19H,5-6H2/t2*13-,14+,17+,18-,19-,22-,23+/m00/s1. The highest BCUT2D eigenvalue weighted by atomic mass is 79.9. The number of cyclic esters (lactones) is 4. The largest absolute Gasteiger partial charge is 0.392 e. The molecule has 0 aromatic heterocycles. The van der Waals surface area contributed by atoms with Crippen molar-refractivity contribution in [3.63, 3.8) is 0 Å². The summed E-state index contributed by atoms with van der Waals surface area (Å²) < 4.78 is 11.3. The van der Waals surface area contributed by atoms with Crippen LogP contribution in [0.25, 0.3) is 0 Å². The van der Waals surface area contributed by atoms with Gasteiger partial charge in [-0.25, -0.2) is 0 Å². The number of carbonyl (C=O) groups is 4. The van der Waals surface area contributed by atoms with Crippen LogP contribution in [0.5, 0.6) is 0 Å². The Hall–Kier alpha value is -6.68. The summed E-state index contributed by atoms with van der Waals surface area (Å²) in [7, 11) is 0. The van der Waals surface area contributed by atoms with Gasteiger partial charge < -0.3 is 19.1 Å². The number of benzene rings is 4. The van der Waals surface area contributed by atoms with Gasteiger partial charge in [0.05, 0.1) is 18.8 Å². The van der Waals surface area contributed by atoms with Gasteiger partial charge in [-0.3, -0.25) is 39.4 Å². The fourth-order valence-electron chi connectivity index (χ4n) is 16.8. The normalized spacial score (nSPS) is 37.5. The third-order valence-electron chi connectivity index (χ3n) is 18.0. The van der Waals surface area contributed by atoms with Crippen molar-refractivity contribution in [1.82, 2.24) is 0 Å². The third kappa shape index (κ3) is 4.19. The molecule has 14 atom stereocenters. The quantitative estimate of drug-likeness (QED) is 0.0796. The molecule has 4 saturated carbocycles. The second kappa shape index (κ2) is 13.1. The number of hydrogen-bond donors (Lipinski definition) is 0. The van der Waals surface area contributed by atoms with E-state index in [-0.39, 0.29) is 20.3 Å². The molecule has 2 saturated heterocycles. The average Bonchev–Trinajstić information content (AvgIpc) is 4.11. The Morgan fingerprint density at radius 2 is 0.721 bits per heavy atom. The molecule has 10 aliphatic carbocycles. The van der Waals surface area contributed by atoms with Gasteiger partial charge in [-0.2, -0.15) is 0 Å². The maximum atomic E-state index is 13.7. The van der Waals surface area contributed by atoms with Crippen molar-refractivity contribution in [2.24, 2.45) is 45.3 Å². The zero-order valence-corrected chi connectivity index (χ0v) is 37.8. The van der Waals surface area contributed by atoms with E-state index < -0.39 is 125 Å². The first-order chi connectivity index (χ1) is 32.5. The molecule has 0 radical (unpaired) electrons. The second-order valence-corrected chi connectivity index (χ2v) is 21.1. The highest BCUT2D eigenvalue weighted by Gasteiger charge is 2.91. The van der Waals surface area contributed by atoms with Crippen molar-refractivity contribution >= 4 is 67.1 Å². The van der Waals surface area contributed by atoms with Crippen molar-refractivity contribution < 1.29 is 58.3 Å². The van der Waals surface area contributed by atoms with Crippen LogP contribution in [0.15, 0.2) is 81.7 Å². The molecule has 2 aliphatic heterocycles. The van der Waals surface area contributed by atoms with Crippen LogP contribution >= 0.6 is 31.9 Å². The van der Waals surface area contributed by atoms with Crippen molar-refractivity contribution in [2.75, 3.05) is 0 Å². The number of esters is 4. The number of hydrogen-bond acceptors (Lipinski definition) is 16. The maximum absolute atomic E-state index is 13.7. The summed E-state index contributed by atoms with van der Waals surface area (Å²) in [5.41, 5.74) is 0.0130. The number of ether oxygens (including phenoxy) is 2. The molecule has 20 nitrogen and oxygen atoms in total. The van der Waals surface area contributed by atoms with Crippen molar-refractivity contribution in [3.05, 3.63) is 167 Å². The van der Waals surface area contributed by atoms with Crippen LogP contribution < -0.4 is 0 Å². The third-order valence-corrected chi connectivity index (χ3v) is 19.3. The average molecular weight is 1050 g/mol. The molecule has 8 bridgehead atoms. The van der Waals surface area contributed by atoms with E-state index in [2.05, 4.69) is 31.9 Å². The minimum atomic E-state index is -1.42. The summed E-state index contributed by atoms with van der Waals surface area (Å²) in [4.78, 5) is 111. The van der Waals surface area contributed by atoms with E-state index >= 15 is 0 Å². The molecular weight excluding hydrogens is 1020 g/mol. The van der Waals surface area contributed by atoms with E-state index in [1.165, 1.54) is 12.1 Å². The predicted molar refractivity (Wildman–Crippen MR) is 230 cm³/mol. The molecule has 0 N–H and O–H groups in total. The number of nitro groups is 2. The summed E-state index contributed by atoms with van der Waals surface area (Å²) in [6, 6.07) is 21.1. The van der Waals surface area contributed by atoms with Gasteiger partial charge in [-0.05, 0) is 114 Å². The summed E-state index contributed by atoms with van der Waals surface area (Å²) in [6.45, 7) is 0. The molecule has 0 unspecified atom stereocenters. The van der Waals surface area contributed by atoms with Gasteiger partial charge in [0.1, 0.15) is 33.9 Å². The van der Waals surface area contributed by atoms with Gasteiger partial charge in [0, 0.05) is 59.5 Å². The molecule has 4 aromatic carbocycles. The van der Waals surface area contributed by atoms with Gasteiger partial charge in [0.2, 0.25) is 0 Å². The number of halogens is 2. The van der Waals surface area contributed by atoms with E-state index in [1.54, 1.807) is 12.1 Å². The molecule has 22 heteroatoms. The van der Waals surface area contributed by atoms with Gasteiger partial charge in [0.15, 0.2) is 0 Å². The van der Waals surface area contributed by atoms with Crippen molar-refractivity contribution in [1.29, 1.82) is 0 Å². The van der Waals surface area contributed by atoms with E-state index in [0.29, 0.717) is 47.9 Å². The van der Waals surface area contributed by atoms with E-state index in [0.717, 1.165) is 22.3 Å². The van der Waals surface area contributed by atoms with Crippen LogP contribution in [-0.2, 0) is 38.3 Å². The highest BCUT2D eigenvalue weighted by Crippen LogP contribution is 2.86. The molecule has 0 amide bonds. The molecule has 16 rings (SSSR count). The molecule has 344 valence electrons. The lowest BCUT2D eigenvalue weighted by molar-refractivity contribution is -0.771. The smallest absolute Gasteiger partial charge is 0.322 e. The van der Waals surface area contributed by atoms with E-state index in [4.69, 9.17) is 19.1 Å². The minimum Gasteiger partial charge on any atom is -0.392 e. The lowest BCUT2D eigenvalue weighted by atomic mass is 9.38. The number of fused-ring (bicyclic) bond motifs is 4. The number of rotatable bonds is 6. The molecule has 0 spiro atoms. The Bertz CT molecular complexity index is 3000. The molecule has 6 fully saturated rings. The van der Waals surface area contributed by atoms with Gasteiger partial charge >= 0.3 is 23.9 Å². The summed E-state index contributed by atoms with van der Waals surface area (Å²) in [6.07, 6.45) is 0.0431. The molecule has 4 aromatic rings. The Kier molecular flexibility index (Phi) is 7.99. The zero-order chi connectivity index (χ0) is 47.5. The molecule has 12 aliphatic rings. The van der Waals surface area contributed by atoms with Crippen LogP contribution in [0.1, 0.15) is 93.9 Å². The summed E-state index contributed by atoms with van der Waals surface area (Å²) in [5.74, 6) is -7.93. The Morgan fingerprint density at radius 3 is 0.971 bits per heavy atom. The van der Waals surface area contributed by atoms with E-state index in [9.17, 15) is 59.6 Å². The van der Waals surface area contributed by atoms with Crippen LogP contribution in [0, 0.1) is 85.8 Å². The lowest BCUT2D eigenvalue weighted by Crippen LogP contribution is -2.61. The predicted octanol–water partition coefficient (Wildman–Crippen LogP) is 7.24. The zero-order valence-electron chi connectivity index (χ0n) is 34.6. The Labute approximate surface area is 397 Å². The topological polar surface area (TPSA) is 278 Å². The van der Waals surface area contributed by atoms with Crippen LogP contribution in [0.2, 0.25) is 0 Å².